The minimum atomic E-state index is -0.134. The minimum Gasteiger partial charge on any atom is -0.456 e. The molecule has 0 amide bonds. The van der Waals surface area contributed by atoms with Crippen LogP contribution in [0.15, 0.2) is 209 Å². The summed E-state index contributed by atoms with van der Waals surface area (Å²) in [6.07, 6.45) is 0. The van der Waals surface area contributed by atoms with E-state index >= 15 is 0 Å². The number of hydrogen-bond acceptors (Lipinski definition) is 4. The molecule has 0 bridgehead atoms. The molecule has 0 spiro atoms. The van der Waals surface area contributed by atoms with Crippen LogP contribution in [0.25, 0.3) is 76.5 Å². The fraction of sp³-hybridized carbons (Fsp3) is 0. The molecule has 2 aliphatic rings. The number of furan rings is 2. The highest BCUT2D eigenvalue weighted by molar-refractivity contribution is 7.00. The summed E-state index contributed by atoms with van der Waals surface area (Å²) in [4.78, 5) is 4.96. The summed E-state index contributed by atoms with van der Waals surface area (Å²) in [5, 5.41) is 9.08. The predicted molar refractivity (Wildman–Crippen MR) is 255 cm³/mol. The SMILES string of the molecule is c1ccc(-c2cc3c4c(c2)N(c2ccccc2)c2cc5c(cc2B4c2cc4oc6cc7ccccc7cc6c4cc2N3c2ccccc2)oc2c3ccccc3ccc52)cc1. The fourth-order valence-corrected chi connectivity index (χ4v) is 10.5. The van der Waals surface area contributed by atoms with Gasteiger partial charge in [-0.3, -0.25) is 0 Å². The molecule has 5 heteroatoms. The number of para-hydroxylation sites is 2. The van der Waals surface area contributed by atoms with Gasteiger partial charge in [-0.15, -0.1) is 0 Å². The first-order valence-electron chi connectivity index (χ1n) is 20.9. The van der Waals surface area contributed by atoms with E-state index in [1.54, 1.807) is 0 Å². The second-order valence-electron chi connectivity index (χ2n) is 16.4. The Kier molecular flexibility index (Phi) is 6.61. The van der Waals surface area contributed by atoms with E-state index in [1.165, 1.54) is 38.1 Å². The van der Waals surface area contributed by atoms with Crippen molar-refractivity contribution in [3.05, 3.63) is 200 Å². The maximum Gasteiger partial charge on any atom is 0.252 e. The first-order chi connectivity index (χ1) is 30.2. The molecule has 0 saturated carbocycles. The van der Waals surface area contributed by atoms with Gasteiger partial charge in [-0.05, 0) is 123 Å². The largest absolute Gasteiger partial charge is 0.456 e. The van der Waals surface area contributed by atoms with E-state index < -0.39 is 0 Å². The van der Waals surface area contributed by atoms with E-state index in [2.05, 4.69) is 210 Å². The van der Waals surface area contributed by atoms with Gasteiger partial charge in [0.15, 0.2) is 0 Å². The van der Waals surface area contributed by atoms with Crippen LogP contribution in [0.4, 0.5) is 34.1 Å². The molecule has 0 aliphatic carbocycles. The quantitative estimate of drug-likeness (QED) is 0.167. The summed E-state index contributed by atoms with van der Waals surface area (Å²) in [5.74, 6) is 0. The lowest BCUT2D eigenvalue weighted by Gasteiger charge is -2.44. The summed E-state index contributed by atoms with van der Waals surface area (Å²) in [6.45, 7) is -0.134. The third kappa shape index (κ3) is 4.66. The highest BCUT2D eigenvalue weighted by atomic mass is 16.3. The van der Waals surface area contributed by atoms with Gasteiger partial charge in [0.25, 0.3) is 6.71 Å². The average molecular weight is 777 g/mol. The number of benzene rings is 10. The zero-order chi connectivity index (χ0) is 39.8. The molecule has 0 unspecified atom stereocenters. The van der Waals surface area contributed by atoms with Gasteiger partial charge in [-0.2, -0.15) is 0 Å². The smallest absolute Gasteiger partial charge is 0.252 e. The molecule has 0 fully saturated rings. The number of anilines is 6. The highest BCUT2D eigenvalue weighted by Gasteiger charge is 2.44. The molecule has 14 rings (SSSR count). The summed E-state index contributed by atoms with van der Waals surface area (Å²) in [7, 11) is 0. The van der Waals surface area contributed by atoms with Crippen molar-refractivity contribution in [3.8, 4) is 11.1 Å². The second-order valence-corrected chi connectivity index (χ2v) is 16.4. The first kappa shape index (κ1) is 32.9. The van der Waals surface area contributed by atoms with Crippen LogP contribution in [-0.4, -0.2) is 6.71 Å². The molecule has 282 valence electrons. The van der Waals surface area contributed by atoms with Crippen molar-refractivity contribution in [2.45, 2.75) is 0 Å². The zero-order valence-corrected chi connectivity index (χ0v) is 32.8. The van der Waals surface area contributed by atoms with Crippen LogP contribution in [0.1, 0.15) is 0 Å². The third-order valence-corrected chi connectivity index (χ3v) is 13.1. The van der Waals surface area contributed by atoms with E-state index in [4.69, 9.17) is 8.83 Å². The molecule has 0 saturated heterocycles. The van der Waals surface area contributed by atoms with Crippen molar-refractivity contribution in [2.24, 2.45) is 0 Å². The molecule has 61 heavy (non-hydrogen) atoms. The van der Waals surface area contributed by atoms with Gasteiger partial charge in [0.2, 0.25) is 0 Å². The number of fused-ring (bicyclic) bond motifs is 13. The summed E-state index contributed by atoms with van der Waals surface area (Å²) in [5.41, 5.74) is 16.3. The van der Waals surface area contributed by atoms with Crippen molar-refractivity contribution >= 4 is 123 Å². The molecule has 4 heterocycles. The Morgan fingerprint density at radius 3 is 1.49 bits per heavy atom. The summed E-state index contributed by atoms with van der Waals surface area (Å²) >= 11 is 0. The van der Waals surface area contributed by atoms with Crippen LogP contribution in [0.3, 0.4) is 0 Å². The molecule has 2 aliphatic heterocycles. The molecule has 10 aromatic carbocycles. The monoisotopic (exact) mass is 776 g/mol. The predicted octanol–water partition coefficient (Wildman–Crippen LogP) is 13.5. The average Bonchev–Trinajstić information content (AvgIpc) is 3.87. The molecule has 0 atom stereocenters. The Morgan fingerprint density at radius 1 is 0.328 bits per heavy atom. The number of nitrogens with zero attached hydrogens (tertiary/aromatic N) is 2. The van der Waals surface area contributed by atoms with Crippen LogP contribution >= 0.6 is 0 Å². The maximum atomic E-state index is 6.96. The van der Waals surface area contributed by atoms with Gasteiger partial charge < -0.3 is 18.6 Å². The third-order valence-electron chi connectivity index (χ3n) is 13.1. The Hall–Kier alpha value is -8.02. The van der Waals surface area contributed by atoms with Crippen molar-refractivity contribution in [3.63, 3.8) is 0 Å². The molecular weight excluding hydrogens is 743 g/mol. The molecular formula is C56H33BN2O2. The molecule has 0 radical (unpaired) electrons. The lowest BCUT2D eigenvalue weighted by molar-refractivity contribution is 0.670. The first-order valence-corrected chi connectivity index (χ1v) is 20.9. The molecule has 4 nitrogen and oxygen atoms in total. The van der Waals surface area contributed by atoms with Crippen molar-refractivity contribution < 1.29 is 8.83 Å². The van der Waals surface area contributed by atoms with Gasteiger partial charge in [0.1, 0.15) is 22.3 Å². The molecule has 2 aromatic heterocycles. The van der Waals surface area contributed by atoms with Gasteiger partial charge in [-0.1, -0.05) is 121 Å². The van der Waals surface area contributed by atoms with Crippen LogP contribution < -0.4 is 26.2 Å². The number of rotatable bonds is 3. The van der Waals surface area contributed by atoms with Crippen LogP contribution in [-0.2, 0) is 0 Å². The van der Waals surface area contributed by atoms with Gasteiger partial charge in [0.05, 0.1) is 0 Å². The fourth-order valence-electron chi connectivity index (χ4n) is 10.5. The topological polar surface area (TPSA) is 32.8 Å². The van der Waals surface area contributed by atoms with Crippen molar-refractivity contribution in [1.82, 2.24) is 0 Å². The normalized spacial score (nSPS) is 13.1. The summed E-state index contributed by atoms with van der Waals surface area (Å²) < 4.78 is 13.8. The Labute approximate surface area is 351 Å². The number of hydrogen-bond donors (Lipinski definition) is 0. The van der Waals surface area contributed by atoms with Gasteiger partial charge in [0, 0.05) is 61.1 Å². The maximum absolute atomic E-state index is 6.96. The van der Waals surface area contributed by atoms with Crippen LogP contribution in [0.2, 0.25) is 0 Å². The van der Waals surface area contributed by atoms with E-state index in [9.17, 15) is 0 Å². The minimum absolute atomic E-state index is 0.134. The molecule has 12 aromatic rings. The second kappa shape index (κ2) is 12.3. The summed E-state index contributed by atoms with van der Waals surface area (Å²) in [6, 6.07) is 72.6. The molecule has 0 N–H and O–H groups in total. The lowest BCUT2D eigenvalue weighted by atomic mass is 9.33. The Balaban J connectivity index is 1.14. The van der Waals surface area contributed by atoms with E-state index in [-0.39, 0.29) is 6.71 Å². The van der Waals surface area contributed by atoms with Crippen LogP contribution in [0.5, 0.6) is 0 Å². The Morgan fingerprint density at radius 2 is 0.836 bits per heavy atom. The van der Waals surface area contributed by atoms with Crippen molar-refractivity contribution in [2.75, 3.05) is 9.80 Å². The van der Waals surface area contributed by atoms with Crippen molar-refractivity contribution in [1.29, 1.82) is 0 Å². The van der Waals surface area contributed by atoms with E-state index in [0.717, 1.165) is 89.0 Å². The van der Waals surface area contributed by atoms with E-state index in [0.29, 0.717) is 0 Å². The van der Waals surface area contributed by atoms with Gasteiger partial charge in [-0.25, -0.2) is 0 Å². The van der Waals surface area contributed by atoms with E-state index in [1.807, 2.05) is 0 Å². The van der Waals surface area contributed by atoms with Crippen LogP contribution in [0, 0.1) is 0 Å². The Bertz CT molecular complexity index is 3780. The van der Waals surface area contributed by atoms with Gasteiger partial charge >= 0.3 is 0 Å². The zero-order valence-electron chi connectivity index (χ0n) is 32.8. The lowest BCUT2D eigenvalue weighted by Crippen LogP contribution is -2.61. The highest BCUT2D eigenvalue weighted by Crippen LogP contribution is 2.48. The standard InChI is InChI=1S/C56H33BN2O2/c1-4-14-34(15-5-1)38-27-50-55-51(28-38)59(40-21-8-3-9-22-40)49-31-45-43-26-36-17-10-11-18-37(36)29-52(43)60-53(45)32-46(49)57(55)47-33-54-44(30-48(47)58(50)39-19-6-2-7-20-39)42-25-24-35-16-12-13-23-41(35)56(42)61-54/h1-33H.